The molecule has 0 bridgehead atoms. The van der Waals surface area contributed by atoms with Gasteiger partial charge in [0.05, 0.1) is 0 Å². The molecule has 2 N–H and O–H groups in total. The zero-order chi connectivity index (χ0) is 20.0. The van der Waals surface area contributed by atoms with Gasteiger partial charge < -0.3 is 0 Å². The Kier molecular flexibility index (Phi) is 4.43. The van der Waals surface area contributed by atoms with Crippen LogP contribution in [0.2, 0.25) is 0 Å². The number of benzene rings is 1. The number of aromatic nitrogens is 5. The zero-order valence-corrected chi connectivity index (χ0v) is 14.3. The molecule has 0 fully saturated rings. The Hall–Kier alpha value is -2.93. The molecule has 0 aliphatic carbocycles. The summed E-state index contributed by atoms with van der Waals surface area (Å²) in [6.45, 7) is 1.44. The van der Waals surface area contributed by atoms with Gasteiger partial charge in [-0.1, -0.05) is 0 Å². The van der Waals surface area contributed by atoms with Crippen molar-refractivity contribution in [1.82, 2.24) is 25.0 Å². The SMILES string of the molecule is Cc1cc(-c2nc(C(F)(F)F)nn2-c2ccc(S(N)(=O)=O)nn2)ccc1F. The van der Waals surface area contributed by atoms with E-state index < -0.39 is 32.9 Å². The minimum Gasteiger partial charge on any atom is -0.223 e. The number of halogens is 4. The van der Waals surface area contributed by atoms with Crippen LogP contribution in [0.25, 0.3) is 17.2 Å². The fourth-order valence-corrected chi connectivity index (χ4v) is 2.55. The first-order valence-corrected chi connectivity index (χ1v) is 8.69. The first kappa shape index (κ1) is 18.8. The van der Waals surface area contributed by atoms with Crippen molar-refractivity contribution >= 4 is 10.0 Å². The van der Waals surface area contributed by atoms with Crippen LogP contribution < -0.4 is 5.14 Å². The van der Waals surface area contributed by atoms with Gasteiger partial charge >= 0.3 is 6.18 Å². The van der Waals surface area contributed by atoms with Gasteiger partial charge in [-0.05, 0) is 42.8 Å². The summed E-state index contributed by atoms with van der Waals surface area (Å²) in [5.74, 6) is -2.50. The van der Waals surface area contributed by atoms with Crippen LogP contribution in [0.1, 0.15) is 11.4 Å². The summed E-state index contributed by atoms with van der Waals surface area (Å²) in [6.07, 6.45) is -4.84. The normalized spacial score (nSPS) is 12.4. The van der Waals surface area contributed by atoms with E-state index in [0.717, 1.165) is 22.9 Å². The Morgan fingerprint density at radius 3 is 2.33 bits per heavy atom. The third-order valence-electron chi connectivity index (χ3n) is 3.41. The number of rotatable bonds is 3. The number of alkyl halides is 3. The Balaban J connectivity index is 2.19. The minimum atomic E-state index is -4.84. The van der Waals surface area contributed by atoms with Crippen LogP contribution in [-0.4, -0.2) is 33.4 Å². The van der Waals surface area contributed by atoms with Crippen LogP contribution in [0.5, 0.6) is 0 Å². The lowest BCUT2D eigenvalue weighted by molar-refractivity contribution is -0.144. The third-order valence-corrected chi connectivity index (χ3v) is 4.21. The molecule has 0 amide bonds. The highest BCUT2D eigenvalue weighted by Gasteiger charge is 2.37. The fraction of sp³-hybridized carbons (Fsp3) is 0.143. The number of hydrogen-bond donors (Lipinski definition) is 1. The molecule has 13 heteroatoms. The highest BCUT2D eigenvalue weighted by Crippen LogP contribution is 2.30. The first-order valence-electron chi connectivity index (χ1n) is 7.14. The van der Waals surface area contributed by atoms with Crippen LogP contribution >= 0.6 is 0 Å². The first-order chi connectivity index (χ1) is 12.5. The lowest BCUT2D eigenvalue weighted by Gasteiger charge is -2.06. The third kappa shape index (κ3) is 3.78. The van der Waals surface area contributed by atoms with E-state index in [1.54, 1.807) is 0 Å². The smallest absolute Gasteiger partial charge is 0.223 e. The molecule has 142 valence electrons. The maximum absolute atomic E-state index is 13.5. The second-order valence-electron chi connectivity index (χ2n) is 5.41. The quantitative estimate of drug-likeness (QED) is 0.668. The Labute approximate surface area is 149 Å². The lowest BCUT2D eigenvalue weighted by Crippen LogP contribution is -2.15. The van der Waals surface area contributed by atoms with Gasteiger partial charge in [0.25, 0.3) is 15.8 Å². The average Bonchev–Trinajstić information content (AvgIpc) is 3.02. The maximum atomic E-state index is 13.5. The van der Waals surface area contributed by atoms with E-state index in [4.69, 9.17) is 5.14 Å². The Morgan fingerprint density at radius 2 is 1.81 bits per heavy atom. The van der Waals surface area contributed by atoms with Crippen LogP contribution in [0.3, 0.4) is 0 Å². The van der Waals surface area contributed by atoms with Crippen molar-refractivity contribution in [1.29, 1.82) is 0 Å². The molecular weight excluding hydrogens is 392 g/mol. The molecule has 0 aliphatic rings. The Morgan fingerprint density at radius 1 is 1.11 bits per heavy atom. The van der Waals surface area contributed by atoms with Crippen molar-refractivity contribution < 1.29 is 26.0 Å². The van der Waals surface area contributed by atoms with E-state index in [9.17, 15) is 26.0 Å². The summed E-state index contributed by atoms with van der Waals surface area (Å²) in [5, 5.41) is 14.6. The molecule has 3 aromatic rings. The predicted octanol–water partition coefficient (Wildman–Crippen LogP) is 1.84. The molecule has 0 radical (unpaired) electrons. The van der Waals surface area contributed by atoms with Gasteiger partial charge in [0.1, 0.15) is 5.82 Å². The maximum Gasteiger partial charge on any atom is 0.453 e. The van der Waals surface area contributed by atoms with Gasteiger partial charge in [-0.15, -0.1) is 15.3 Å². The molecular formula is C14H10F4N6O2S. The van der Waals surface area contributed by atoms with Crippen molar-refractivity contribution in [3.63, 3.8) is 0 Å². The van der Waals surface area contributed by atoms with E-state index in [1.165, 1.54) is 19.1 Å². The number of primary sulfonamides is 1. The van der Waals surface area contributed by atoms with Gasteiger partial charge in [0.2, 0.25) is 0 Å². The number of nitrogens with two attached hydrogens (primary N) is 1. The molecule has 0 unspecified atom stereocenters. The summed E-state index contributed by atoms with van der Waals surface area (Å²) in [6, 6.07) is 5.64. The number of nitrogens with zero attached hydrogens (tertiary/aromatic N) is 5. The van der Waals surface area contributed by atoms with Crippen molar-refractivity contribution in [3.05, 3.63) is 47.5 Å². The Bertz CT molecular complexity index is 1110. The summed E-state index contributed by atoms with van der Waals surface area (Å²) in [7, 11) is -4.13. The largest absolute Gasteiger partial charge is 0.453 e. The van der Waals surface area contributed by atoms with Crippen molar-refractivity contribution in [2.45, 2.75) is 18.1 Å². The van der Waals surface area contributed by atoms with E-state index >= 15 is 0 Å². The molecule has 2 heterocycles. The number of hydrogen-bond acceptors (Lipinski definition) is 6. The van der Waals surface area contributed by atoms with Crippen LogP contribution in [0.15, 0.2) is 35.4 Å². The molecule has 27 heavy (non-hydrogen) atoms. The van der Waals surface area contributed by atoms with Gasteiger partial charge in [0, 0.05) is 5.56 Å². The van der Waals surface area contributed by atoms with E-state index in [0.29, 0.717) is 0 Å². The number of aryl methyl sites for hydroxylation is 1. The molecule has 8 nitrogen and oxygen atoms in total. The van der Waals surface area contributed by atoms with Crippen molar-refractivity contribution in [2.24, 2.45) is 5.14 Å². The van der Waals surface area contributed by atoms with Crippen LogP contribution in [0.4, 0.5) is 17.6 Å². The lowest BCUT2D eigenvalue weighted by atomic mass is 10.1. The van der Waals surface area contributed by atoms with Gasteiger partial charge in [-0.2, -0.15) is 17.9 Å². The van der Waals surface area contributed by atoms with Gasteiger partial charge in [-0.25, -0.2) is 22.9 Å². The van der Waals surface area contributed by atoms with Crippen molar-refractivity contribution in [3.8, 4) is 17.2 Å². The monoisotopic (exact) mass is 402 g/mol. The highest BCUT2D eigenvalue weighted by molar-refractivity contribution is 7.89. The molecule has 3 rings (SSSR count). The second kappa shape index (κ2) is 6.35. The molecule has 0 spiro atoms. The van der Waals surface area contributed by atoms with E-state index in [-0.39, 0.29) is 22.8 Å². The van der Waals surface area contributed by atoms with Gasteiger partial charge in [0.15, 0.2) is 16.7 Å². The second-order valence-corrected chi connectivity index (χ2v) is 6.92. The summed E-state index contributed by atoms with van der Waals surface area (Å²) in [4.78, 5) is 3.46. The molecule has 0 aliphatic heterocycles. The standard InChI is InChI=1S/C14H10F4N6O2S/c1-7-6-8(2-3-9(7)15)12-20-13(14(16,17)18)23-24(12)10-4-5-11(22-21-10)27(19,25)26/h2-6H,1H3,(H2,19,25,26). The van der Waals surface area contributed by atoms with Gasteiger partial charge in [-0.3, -0.25) is 0 Å². The van der Waals surface area contributed by atoms with E-state index in [1.807, 2.05) is 0 Å². The minimum absolute atomic E-state index is 0.147. The molecule has 1 aromatic carbocycles. The van der Waals surface area contributed by atoms with Crippen LogP contribution in [-0.2, 0) is 16.2 Å². The summed E-state index contributed by atoms with van der Waals surface area (Å²) in [5.41, 5.74) is 0.334. The molecule has 2 aromatic heterocycles. The topological polar surface area (TPSA) is 117 Å². The average molecular weight is 402 g/mol. The summed E-state index contributed by atoms with van der Waals surface area (Å²) < 4.78 is 75.8. The zero-order valence-electron chi connectivity index (χ0n) is 13.4. The summed E-state index contributed by atoms with van der Waals surface area (Å²) >= 11 is 0. The molecule has 0 saturated heterocycles. The molecule has 0 saturated carbocycles. The van der Waals surface area contributed by atoms with Crippen LogP contribution in [0, 0.1) is 12.7 Å². The predicted molar refractivity (Wildman–Crippen MR) is 83.5 cm³/mol. The molecule has 0 atom stereocenters. The highest BCUT2D eigenvalue weighted by atomic mass is 32.2. The fourth-order valence-electron chi connectivity index (χ4n) is 2.14. The van der Waals surface area contributed by atoms with E-state index in [2.05, 4.69) is 20.3 Å². The number of sulfonamides is 1. The van der Waals surface area contributed by atoms with Crippen molar-refractivity contribution in [2.75, 3.05) is 0 Å².